The van der Waals surface area contributed by atoms with Crippen LogP contribution in [0, 0.1) is 0 Å². The van der Waals surface area contributed by atoms with Crippen LogP contribution in [0.3, 0.4) is 0 Å². The van der Waals surface area contributed by atoms with Gasteiger partial charge in [0.1, 0.15) is 11.6 Å². The molecule has 0 aliphatic carbocycles. The van der Waals surface area contributed by atoms with Gasteiger partial charge in [0.15, 0.2) is 0 Å². The van der Waals surface area contributed by atoms with Crippen LogP contribution < -0.4 is 31.9 Å². The van der Waals surface area contributed by atoms with Crippen LogP contribution in [0.25, 0.3) is 22.5 Å². The fourth-order valence-corrected chi connectivity index (χ4v) is 5.15. The Balaban J connectivity index is 0. The Morgan fingerprint density at radius 1 is 0.565 bits per heavy atom. The molecule has 6 N–H and O–H groups in total. The van der Waals surface area contributed by atoms with Crippen molar-refractivity contribution in [2.75, 3.05) is 61.5 Å². The van der Waals surface area contributed by atoms with Gasteiger partial charge in [-0.15, -0.1) is 74.4 Å². The number of nitrogens with zero attached hydrogens (tertiary/aromatic N) is 6. The predicted molar refractivity (Wildman–Crippen MR) is 207 cm³/mol. The molecule has 2 aliphatic rings. The SMILES string of the molecule is CN[C@@H]1CCN(c2cc(-c3ccccc3)nc(N)n2)C1.CN[C@H]1CCN(c2cc(-c3ccccc3)nc(N)n2)C1.Cl.Cl.Cl.Cl.Cl.Cl. The number of anilines is 4. The van der Waals surface area contributed by atoms with Crippen LogP contribution in [-0.2, 0) is 0 Å². The second-order valence-corrected chi connectivity index (χ2v) is 10.1. The third-order valence-corrected chi connectivity index (χ3v) is 7.44. The summed E-state index contributed by atoms with van der Waals surface area (Å²) >= 11 is 0. The number of aromatic nitrogens is 4. The number of nitrogen functional groups attached to an aromatic ring is 2. The maximum Gasteiger partial charge on any atom is 0.222 e. The molecule has 10 nitrogen and oxygen atoms in total. The van der Waals surface area contributed by atoms with Crippen LogP contribution in [-0.4, -0.2) is 72.3 Å². The molecule has 2 atom stereocenters. The van der Waals surface area contributed by atoms with E-state index in [0.29, 0.717) is 24.0 Å². The van der Waals surface area contributed by atoms with Gasteiger partial charge in [-0.3, -0.25) is 0 Å². The zero-order chi connectivity index (χ0) is 27.9. The molecule has 0 amide bonds. The van der Waals surface area contributed by atoms with E-state index in [9.17, 15) is 0 Å². The molecule has 2 aromatic heterocycles. The summed E-state index contributed by atoms with van der Waals surface area (Å²) < 4.78 is 0. The van der Waals surface area contributed by atoms with Crippen LogP contribution in [0.5, 0.6) is 0 Å². The van der Waals surface area contributed by atoms with Gasteiger partial charge in [-0.05, 0) is 26.9 Å². The third kappa shape index (κ3) is 11.9. The van der Waals surface area contributed by atoms with E-state index in [1.165, 1.54) is 0 Å². The first-order valence-electron chi connectivity index (χ1n) is 13.8. The molecule has 2 fully saturated rings. The summed E-state index contributed by atoms with van der Waals surface area (Å²) in [5.41, 5.74) is 15.6. The highest BCUT2D eigenvalue weighted by Gasteiger charge is 2.24. The van der Waals surface area contributed by atoms with Gasteiger partial charge in [0.25, 0.3) is 0 Å². The van der Waals surface area contributed by atoms with Crippen LogP contribution in [0.15, 0.2) is 72.8 Å². The fraction of sp³-hybridized carbons (Fsp3) is 0.333. The smallest absolute Gasteiger partial charge is 0.222 e. The summed E-state index contributed by atoms with van der Waals surface area (Å²) in [6.07, 6.45) is 2.25. The summed E-state index contributed by atoms with van der Waals surface area (Å²) in [5, 5.41) is 6.62. The van der Waals surface area contributed by atoms with E-state index in [1.54, 1.807) is 0 Å². The molecule has 6 rings (SSSR count). The van der Waals surface area contributed by atoms with E-state index in [4.69, 9.17) is 11.5 Å². The minimum absolute atomic E-state index is 0. The fourth-order valence-electron chi connectivity index (χ4n) is 5.15. The summed E-state index contributed by atoms with van der Waals surface area (Å²) in [4.78, 5) is 21.9. The van der Waals surface area contributed by atoms with Crippen molar-refractivity contribution in [3.8, 4) is 22.5 Å². The van der Waals surface area contributed by atoms with E-state index >= 15 is 0 Å². The van der Waals surface area contributed by atoms with Gasteiger partial charge < -0.3 is 31.9 Å². The van der Waals surface area contributed by atoms with Crippen molar-refractivity contribution in [3.05, 3.63) is 72.8 Å². The molecule has 2 saturated heterocycles. The second-order valence-electron chi connectivity index (χ2n) is 10.1. The Morgan fingerprint density at radius 2 is 0.913 bits per heavy atom. The maximum absolute atomic E-state index is 5.87. The molecular weight excluding hydrogens is 713 g/mol. The zero-order valence-electron chi connectivity index (χ0n) is 25.6. The van der Waals surface area contributed by atoms with Crippen molar-refractivity contribution in [3.63, 3.8) is 0 Å². The molecule has 0 unspecified atom stereocenters. The predicted octanol–water partition coefficient (Wildman–Crippen LogP) is 5.58. The lowest BCUT2D eigenvalue weighted by Crippen LogP contribution is -2.30. The van der Waals surface area contributed by atoms with E-state index in [2.05, 4.69) is 40.4 Å². The van der Waals surface area contributed by atoms with Crippen molar-refractivity contribution in [2.24, 2.45) is 0 Å². The Morgan fingerprint density at radius 3 is 1.22 bits per heavy atom. The molecule has 4 heterocycles. The number of nitrogens with one attached hydrogen (secondary N) is 2. The Bertz CT molecular complexity index is 1300. The average molecular weight is 757 g/mol. The highest BCUT2D eigenvalue weighted by molar-refractivity contribution is 5.86. The molecule has 0 bridgehead atoms. The molecule has 0 spiro atoms. The molecule has 2 aromatic carbocycles. The van der Waals surface area contributed by atoms with Gasteiger partial charge in [-0.25, -0.2) is 9.97 Å². The number of rotatable bonds is 6. The van der Waals surface area contributed by atoms with Gasteiger partial charge in [0.2, 0.25) is 11.9 Å². The lowest BCUT2D eigenvalue weighted by molar-refractivity contribution is 0.616. The maximum atomic E-state index is 5.87. The first-order valence-corrected chi connectivity index (χ1v) is 13.8. The number of likely N-dealkylation sites (N-methyl/N-ethyl adjacent to an activating group) is 2. The largest absolute Gasteiger partial charge is 0.368 e. The molecular formula is C30H44Cl6N10. The quantitative estimate of drug-likeness (QED) is 0.198. The van der Waals surface area contributed by atoms with Gasteiger partial charge in [-0.1, -0.05) is 60.7 Å². The normalized spacial score (nSPS) is 16.0. The highest BCUT2D eigenvalue weighted by Crippen LogP contribution is 2.26. The monoisotopic (exact) mass is 754 g/mol. The lowest BCUT2D eigenvalue weighted by Gasteiger charge is -2.18. The van der Waals surface area contributed by atoms with Crippen molar-refractivity contribution >= 4 is 98.0 Å². The Hall–Kier alpha value is -2.54. The molecule has 0 saturated carbocycles. The highest BCUT2D eigenvalue weighted by atomic mass is 35.5. The van der Waals surface area contributed by atoms with Crippen molar-refractivity contribution in [1.29, 1.82) is 0 Å². The van der Waals surface area contributed by atoms with E-state index in [-0.39, 0.29) is 74.4 Å². The van der Waals surface area contributed by atoms with Crippen LogP contribution in [0.1, 0.15) is 12.8 Å². The standard InChI is InChI=1S/2C15H19N5.6ClH/c2*1-17-12-7-8-20(10-12)14-9-13(18-15(16)19-14)11-5-3-2-4-6-11;;;;;;/h2*2-6,9,12,17H,7-8,10H2,1H3,(H2,16,18,19);6*1H/t2*12-;;;;;;/m10....../s1. The molecule has 4 aromatic rings. The lowest BCUT2D eigenvalue weighted by atomic mass is 10.1. The Labute approximate surface area is 308 Å². The molecule has 256 valence electrons. The number of hydrogen-bond acceptors (Lipinski definition) is 10. The first kappa shape index (κ1) is 45.6. The average Bonchev–Trinajstić information content (AvgIpc) is 3.68. The van der Waals surface area contributed by atoms with Crippen LogP contribution >= 0.6 is 74.4 Å². The number of halogens is 6. The zero-order valence-corrected chi connectivity index (χ0v) is 30.5. The van der Waals surface area contributed by atoms with Gasteiger partial charge in [0, 0.05) is 61.5 Å². The van der Waals surface area contributed by atoms with Crippen LogP contribution in [0.4, 0.5) is 23.5 Å². The van der Waals surface area contributed by atoms with Crippen molar-refractivity contribution in [1.82, 2.24) is 30.6 Å². The van der Waals surface area contributed by atoms with Crippen molar-refractivity contribution < 1.29 is 0 Å². The van der Waals surface area contributed by atoms with Gasteiger partial charge >= 0.3 is 0 Å². The van der Waals surface area contributed by atoms with Crippen molar-refractivity contribution in [2.45, 2.75) is 24.9 Å². The topological polar surface area (TPSA) is 134 Å². The summed E-state index contributed by atoms with van der Waals surface area (Å²) in [7, 11) is 4.00. The minimum Gasteiger partial charge on any atom is -0.368 e. The summed E-state index contributed by atoms with van der Waals surface area (Å²) in [6.45, 7) is 3.91. The molecule has 46 heavy (non-hydrogen) atoms. The summed E-state index contributed by atoms with van der Waals surface area (Å²) in [5.74, 6) is 2.48. The molecule has 16 heteroatoms. The number of nitrogens with two attached hydrogens (primary N) is 2. The molecule has 0 radical (unpaired) electrons. The van der Waals surface area contributed by atoms with E-state index < -0.39 is 0 Å². The minimum atomic E-state index is 0. The summed E-state index contributed by atoms with van der Waals surface area (Å²) in [6, 6.07) is 25.2. The van der Waals surface area contributed by atoms with Gasteiger partial charge in [0.05, 0.1) is 11.4 Å². The van der Waals surface area contributed by atoms with E-state index in [1.807, 2.05) is 86.9 Å². The second kappa shape index (κ2) is 22.1. The van der Waals surface area contributed by atoms with E-state index in [0.717, 1.165) is 73.2 Å². The Kier molecular flexibility index (Phi) is 21.9. The molecule has 2 aliphatic heterocycles. The number of hydrogen-bond donors (Lipinski definition) is 4. The first-order chi connectivity index (χ1) is 19.5. The third-order valence-electron chi connectivity index (χ3n) is 7.44. The number of benzene rings is 2. The van der Waals surface area contributed by atoms with Crippen LogP contribution in [0.2, 0.25) is 0 Å². The van der Waals surface area contributed by atoms with Gasteiger partial charge in [-0.2, -0.15) is 9.97 Å².